The van der Waals surface area contributed by atoms with Gasteiger partial charge in [0.05, 0.1) is 18.2 Å². The molecule has 0 saturated heterocycles. The molecule has 3 rings (SSSR count). The van der Waals surface area contributed by atoms with E-state index in [0.29, 0.717) is 13.0 Å². The number of para-hydroxylation sites is 1. The number of nitriles is 1. The maximum absolute atomic E-state index is 8.80. The molecule has 0 unspecified atom stereocenters. The fourth-order valence-electron chi connectivity index (χ4n) is 2.44. The minimum Gasteiger partial charge on any atom is -0.362 e. The molecule has 0 radical (unpaired) electrons. The molecule has 0 aliphatic rings. The van der Waals surface area contributed by atoms with Crippen molar-refractivity contribution in [3.05, 3.63) is 35.8 Å². The Morgan fingerprint density at radius 3 is 3.05 bits per heavy atom. The molecule has 0 bridgehead atoms. The number of fused-ring (bicyclic) bond motifs is 1. The van der Waals surface area contributed by atoms with Crippen LogP contribution in [0.2, 0.25) is 0 Å². The lowest BCUT2D eigenvalue weighted by Crippen LogP contribution is -1.95. The second-order valence-corrected chi connectivity index (χ2v) is 5.59. The van der Waals surface area contributed by atoms with Crippen LogP contribution in [0.1, 0.15) is 13.3 Å². The highest BCUT2D eigenvalue weighted by Gasteiger charge is 2.12. The van der Waals surface area contributed by atoms with Crippen molar-refractivity contribution >= 4 is 27.4 Å². The lowest BCUT2D eigenvalue weighted by molar-refractivity contribution is 0.745. The fraction of sp³-hybridized carbons (Fsp3) is 0.250. The van der Waals surface area contributed by atoms with Gasteiger partial charge in [-0.25, -0.2) is 4.98 Å². The number of hydrogen-bond acceptors (Lipinski definition) is 4. The zero-order valence-electron chi connectivity index (χ0n) is 11.8. The summed E-state index contributed by atoms with van der Waals surface area (Å²) in [6, 6.07) is 10.5. The lowest BCUT2D eigenvalue weighted by Gasteiger charge is -2.00. The minimum absolute atomic E-state index is 0.512. The first-order chi connectivity index (χ1) is 10.3. The highest BCUT2D eigenvalue weighted by Crippen LogP contribution is 2.32. The topological polar surface area (TPSA) is 53.6 Å². The number of nitrogens with zero attached hydrogens (tertiary/aromatic N) is 3. The second-order valence-electron chi connectivity index (χ2n) is 4.73. The van der Waals surface area contributed by atoms with Crippen LogP contribution in [0.5, 0.6) is 0 Å². The molecule has 0 saturated carbocycles. The average Bonchev–Trinajstić information content (AvgIpc) is 3.10. The molecule has 0 amide bonds. The van der Waals surface area contributed by atoms with Crippen molar-refractivity contribution in [2.75, 3.05) is 11.9 Å². The predicted molar refractivity (Wildman–Crippen MR) is 87.4 cm³/mol. The molecule has 21 heavy (non-hydrogen) atoms. The second kappa shape index (κ2) is 5.98. The van der Waals surface area contributed by atoms with Gasteiger partial charge in [0.15, 0.2) is 5.13 Å². The predicted octanol–water partition coefficient (Wildman–Crippen LogP) is 4.11. The van der Waals surface area contributed by atoms with Gasteiger partial charge >= 0.3 is 0 Å². The molecule has 5 heteroatoms. The summed E-state index contributed by atoms with van der Waals surface area (Å²) >= 11 is 1.62. The van der Waals surface area contributed by atoms with E-state index in [1.54, 1.807) is 11.3 Å². The fourth-order valence-corrected chi connectivity index (χ4v) is 3.22. The first-order valence-corrected chi connectivity index (χ1v) is 7.86. The molecule has 106 valence electrons. The average molecular weight is 296 g/mol. The Morgan fingerprint density at radius 1 is 1.38 bits per heavy atom. The first kappa shape index (κ1) is 13.7. The third-order valence-electron chi connectivity index (χ3n) is 3.36. The zero-order chi connectivity index (χ0) is 14.7. The number of benzene rings is 1. The molecular weight excluding hydrogens is 280 g/mol. The molecule has 4 nitrogen and oxygen atoms in total. The normalized spacial score (nSPS) is 10.7. The summed E-state index contributed by atoms with van der Waals surface area (Å²) < 4.78 is 2.14. The number of aryl methyl sites for hydroxylation is 1. The maximum Gasteiger partial charge on any atom is 0.183 e. The van der Waals surface area contributed by atoms with E-state index in [4.69, 9.17) is 5.26 Å². The standard InChI is InChI=1S/C16H16N4S/c1-2-18-16-19-14(11-21-16)13-10-20(9-5-8-17)15-7-4-3-6-12(13)15/h3-4,6-7,10-11H,2,5,9H2,1H3,(H,18,19). The largest absolute Gasteiger partial charge is 0.362 e. The molecule has 2 heterocycles. The van der Waals surface area contributed by atoms with E-state index in [1.807, 2.05) is 12.1 Å². The monoisotopic (exact) mass is 296 g/mol. The van der Waals surface area contributed by atoms with Crippen LogP contribution in [-0.2, 0) is 6.54 Å². The van der Waals surface area contributed by atoms with E-state index in [1.165, 1.54) is 5.39 Å². The third-order valence-corrected chi connectivity index (χ3v) is 4.16. The molecule has 0 atom stereocenters. The van der Waals surface area contributed by atoms with Gasteiger partial charge in [0.2, 0.25) is 0 Å². The molecule has 0 fully saturated rings. The Balaban J connectivity index is 2.07. The van der Waals surface area contributed by atoms with Gasteiger partial charge in [-0.15, -0.1) is 11.3 Å². The third kappa shape index (κ3) is 2.63. The van der Waals surface area contributed by atoms with E-state index in [9.17, 15) is 0 Å². The van der Waals surface area contributed by atoms with Gasteiger partial charge in [-0.05, 0) is 13.0 Å². The van der Waals surface area contributed by atoms with E-state index < -0.39 is 0 Å². The van der Waals surface area contributed by atoms with Gasteiger partial charge in [0, 0.05) is 41.1 Å². The summed E-state index contributed by atoms with van der Waals surface area (Å²) in [5.74, 6) is 0. The van der Waals surface area contributed by atoms with Crippen LogP contribution in [-0.4, -0.2) is 16.1 Å². The Bertz CT molecular complexity index is 794. The molecule has 0 spiro atoms. The van der Waals surface area contributed by atoms with Crippen LogP contribution in [0.25, 0.3) is 22.2 Å². The number of hydrogen-bond donors (Lipinski definition) is 1. The number of rotatable bonds is 5. The number of thiazole rings is 1. The zero-order valence-corrected chi connectivity index (χ0v) is 12.7. The number of anilines is 1. The smallest absolute Gasteiger partial charge is 0.183 e. The molecule has 3 aromatic rings. The van der Waals surface area contributed by atoms with Crippen LogP contribution in [0.15, 0.2) is 35.8 Å². The van der Waals surface area contributed by atoms with E-state index in [0.717, 1.165) is 28.5 Å². The van der Waals surface area contributed by atoms with E-state index in [2.05, 4.69) is 51.6 Å². The van der Waals surface area contributed by atoms with Crippen molar-refractivity contribution in [2.24, 2.45) is 0 Å². The van der Waals surface area contributed by atoms with Crippen molar-refractivity contribution in [1.29, 1.82) is 5.26 Å². The Morgan fingerprint density at radius 2 is 2.24 bits per heavy atom. The maximum atomic E-state index is 8.80. The quantitative estimate of drug-likeness (QED) is 0.771. The summed E-state index contributed by atoms with van der Waals surface area (Å²) in [6.07, 6.45) is 2.62. The van der Waals surface area contributed by atoms with Crippen LogP contribution in [0.3, 0.4) is 0 Å². The van der Waals surface area contributed by atoms with Gasteiger partial charge in [-0.3, -0.25) is 0 Å². The highest BCUT2D eigenvalue weighted by molar-refractivity contribution is 7.14. The van der Waals surface area contributed by atoms with Gasteiger partial charge in [-0.2, -0.15) is 5.26 Å². The highest BCUT2D eigenvalue weighted by atomic mass is 32.1. The van der Waals surface area contributed by atoms with E-state index in [-0.39, 0.29) is 0 Å². The van der Waals surface area contributed by atoms with Crippen LogP contribution >= 0.6 is 11.3 Å². The first-order valence-electron chi connectivity index (χ1n) is 6.98. The lowest BCUT2D eigenvalue weighted by atomic mass is 10.1. The van der Waals surface area contributed by atoms with Crippen molar-refractivity contribution in [3.63, 3.8) is 0 Å². The molecule has 1 N–H and O–H groups in total. The van der Waals surface area contributed by atoms with Crippen LogP contribution in [0, 0.1) is 11.3 Å². The van der Waals surface area contributed by atoms with Crippen molar-refractivity contribution in [2.45, 2.75) is 19.9 Å². The molecule has 0 aliphatic carbocycles. The Labute approximate surface area is 127 Å². The van der Waals surface area contributed by atoms with Crippen LogP contribution < -0.4 is 5.32 Å². The summed E-state index contributed by atoms with van der Waals surface area (Å²) in [5, 5.41) is 16.3. The Kier molecular flexibility index (Phi) is 3.89. The van der Waals surface area contributed by atoms with Crippen molar-refractivity contribution in [3.8, 4) is 17.3 Å². The van der Waals surface area contributed by atoms with Crippen molar-refractivity contribution in [1.82, 2.24) is 9.55 Å². The Hall–Kier alpha value is -2.32. The number of nitrogens with one attached hydrogen (secondary N) is 1. The molecule has 2 aromatic heterocycles. The summed E-state index contributed by atoms with van der Waals surface area (Å²) in [4.78, 5) is 4.64. The van der Waals surface area contributed by atoms with Gasteiger partial charge in [0.25, 0.3) is 0 Å². The number of aromatic nitrogens is 2. The van der Waals surface area contributed by atoms with Gasteiger partial charge < -0.3 is 9.88 Å². The van der Waals surface area contributed by atoms with Gasteiger partial charge in [0.1, 0.15) is 0 Å². The van der Waals surface area contributed by atoms with Gasteiger partial charge in [-0.1, -0.05) is 18.2 Å². The molecule has 1 aromatic carbocycles. The summed E-state index contributed by atoms with van der Waals surface area (Å²) in [5.41, 5.74) is 3.27. The molecule has 0 aliphatic heterocycles. The summed E-state index contributed by atoms with van der Waals surface area (Å²) in [7, 11) is 0. The minimum atomic E-state index is 0.512. The summed E-state index contributed by atoms with van der Waals surface area (Å²) in [6.45, 7) is 3.65. The SMILES string of the molecule is CCNc1nc(-c2cn(CCC#N)c3ccccc23)cs1. The van der Waals surface area contributed by atoms with E-state index >= 15 is 0 Å². The molecular formula is C16H16N4S. The van der Waals surface area contributed by atoms with Crippen LogP contribution in [0.4, 0.5) is 5.13 Å². The van der Waals surface area contributed by atoms with Crippen molar-refractivity contribution < 1.29 is 0 Å².